The van der Waals surface area contributed by atoms with Gasteiger partial charge in [0, 0.05) is 5.69 Å². The number of benzene rings is 3. The molecule has 8 nitrogen and oxygen atoms in total. The van der Waals surface area contributed by atoms with E-state index in [4.69, 9.17) is 33.3 Å². The van der Waals surface area contributed by atoms with Crippen molar-refractivity contribution in [1.29, 1.82) is 0 Å². The van der Waals surface area contributed by atoms with Gasteiger partial charge >= 0.3 is 0 Å². The summed E-state index contributed by atoms with van der Waals surface area (Å²) in [5.41, 5.74) is 3.66. The van der Waals surface area contributed by atoms with Gasteiger partial charge in [0.15, 0.2) is 23.2 Å². The fraction of sp³-hybridized carbons (Fsp3) is 0.200. The minimum absolute atomic E-state index is 0.00269. The first-order valence-electron chi connectivity index (χ1n) is 12.7. The van der Waals surface area contributed by atoms with Gasteiger partial charge in [-0.3, -0.25) is 24.6 Å². The molecule has 3 aromatic rings. The maximum atomic E-state index is 13.4. The van der Waals surface area contributed by atoms with Gasteiger partial charge in [0.2, 0.25) is 0 Å². The second-order valence-electron chi connectivity index (χ2n) is 8.94. The van der Waals surface area contributed by atoms with E-state index in [0.717, 1.165) is 17.5 Å². The third kappa shape index (κ3) is 6.67. The zero-order chi connectivity index (χ0) is 28.8. The number of aryl methyl sites for hydroxylation is 2. The van der Waals surface area contributed by atoms with Crippen LogP contribution in [-0.4, -0.2) is 36.0 Å². The molecule has 0 unspecified atom stereocenters. The van der Waals surface area contributed by atoms with Gasteiger partial charge in [-0.15, -0.1) is 0 Å². The summed E-state index contributed by atoms with van der Waals surface area (Å²) in [6.07, 6.45) is 2.26. The zero-order valence-corrected chi connectivity index (χ0v) is 23.8. The summed E-state index contributed by atoms with van der Waals surface area (Å²) in [6.45, 7) is 5.76. The first-order valence-corrected chi connectivity index (χ1v) is 13.4. The molecule has 1 aliphatic rings. The highest BCUT2D eigenvalue weighted by Crippen LogP contribution is 2.37. The van der Waals surface area contributed by atoms with Crippen LogP contribution in [0.5, 0.6) is 11.5 Å². The van der Waals surface area contributed by atoms with Crippen LogP contribution in [0, 0.1) is 6.92 Å². The van der Waals surface area contributed by atoms with E-state index in [0.29, 0.717) is 16.9 Å². The predicted octanol–water partition coefficient (Wildman–Crippen LogP) is 5.46. The highest BCUT2D eigenvalue weighted by Gasteiger charge is 2.34. The molecule has 0 aliphatic carbocycles. The molecule has 10 heteroatoms. The number of hydrogen-bond donors (Lipinski definition) is 2. The van der Waals surface area contributed by atoms with E-state index in [9.17, 15) is 14.4 Å². The van der Waals surface area contributed by atoms with Gasteiger partial charge in [-0.1, -0.05) is 48.4 Å². The number of hydrogen-bond acceptors (Lipinski definition) is 6. The molecule has 3 amide bonds. The Balaban J connectivity index is 1.57. The van der Waals surface area contributed by atoms with E-state index < -0.39 is 11.8 Å². The lowest BCUT2D eigenvalue weighted by Gasteiger charge is -2.29. The van der Waals surface area contributed by atoms with E-state index >= 15 is 0 Å². The fourth-order valence-electron chi connectivity index (χ4n) is 3.99. The summed E-state index contributed by atoms with van der Waals surface area (Å²) in [7, 11) is 0. The van der Waals surface area contributed by atoms with Crippen molar-refractivity contribution in [3.05, 3.63) is 87.9 Å². The highest BCUT2D eigenvalue weighted by molar-refractivity contribution is 7.80. The minimum Gasteiger partial charge on any atom is -0.490 e. The summed E-state index contributed by atoms with van der Waals surface area (Å²) in [5, 5.41) is 5.48. The van der Waals surface area contributed by atoms with Gasteiger partial charge in [-0.2, -0.15) is 0 Å². The molecule has 1 aliphatic heterocycles. The van der Waals surface area contributed by atoms with Crippen LogP contribution in [0.2, 0.25) is 5.02 Å². The molecule has 0 radical (unpaired) electrons. The van der Waals surface area contributed by atoms with Crippen LogP contribution in [-0.2, 0) is 20.8 Å². The summed E-state index contributed by atoms with van der Waals surface area (Å²) >= 11 is 11.8. The van der Waals surface area contributed by atoms with Crippen LogP contribution in [0.25, 0.3) is 6.08 Å². The van der Waals surface area contributed by atoms with Crippen molar-refractivity contribution < 1.29 is 23.9 Å². The Morgan fingerprint density at radius 3 is 2.40 bits per heavy atom. The molecule has 0 spiro atoms. The van der Waals surface area contributed by atoms with E-state index in [1.807, 2.05) is 38.1 Å². The molecule has 40 heavy (non-hydrogen) atoms. The lowest BCUT2D eigenvalue weighted by molar-refractivity contribution is -0.122. The van der Waals surface area contributed by atoms with E-state index in [1.54, 1.807) is 37.3 Å². The van der Waals surface area contributed by atoms with Gasteiger partial charge in [-0.05, 0) is 86.1 Å². The van der Waals surface area contributed by atoms with Crippen LogP contribution in [0.4, 0.5) is 11.4 Å². The van der Waals surface area contributed by atoms with Crippen molar-refractivity contribution in [3.8, 4) is 11.5 Å². The van der Waals surface area contributed by atoms with Gasteiger partial charge in [0.25, 0.3) is 17.7 Å². The second-order valence-corrected chi connectivity index (χ2v) is 9.74. The normalized spacial score (nSPS) is 14.2. The second kappa shape index (κ2) is 12.8. The third-order valence-corrected chi connectivity index (χ3v) is 6.60. The number of anilines is 2. The van der Waals surface area contributed by atoms with Crippen LogP contribution in [0.3, 0.4) is 0 Å². The zero-order valence-electron chi connectivity index (χ0n) is 22.2. The van der Waals surface area contributed by atoms with Crippen LogP contribution in [0.1, 0.15) is 30.5 Å². The average Bonchev–Trinajstić information content (AvgIpc) is 2.92. The molecule has 206 valence electrons. The van der Waals surface area contributed by atoms with Crippen molar-refractivity contribution in [1.82, 2.24) is 5.32 Å². The van der Waals surface area contributed by atoms with Crippen molar-refractivity contribution >= 4 is 64.1 Å². The minimum atomic E-state index is -0.626. The summed E-state index contributed by atoms with van der Waals surface area (Å²) in [4.78, 5) is 39.9. The summed E-state index contributed by atoms with van der Waals surface area (Å²) < 4.78 is 11.4. The first kappa shape index (κ1) is 28.8. The van der Waals surface area contributed by atoms with Crippen LogP contribution < -0.4 is 25.0 Å². The van der Waals surface area contributed by atoms with Crippen LogP contribution in [0.15, 0.2) is 66.2 Å². The summed E-state index contributed by atoms with van der Waals surface area (Å²) in [5.74, 6) is -1.14. The Hall–Kier alpha value is -4.21. The molecule has 1 heterocycles. The van der Waals surface area contributed by atoms with E-state index in [1.165, 1.54) is 17.0 Å². The molecule has 0 bridgehead atoms. The number of amides is 3. The van der Waals surface area contributed by atoms with Gasteiger partial charge in [0.05, 0.1) is 17.3 Å². The monoisotopic (exact) mass is 577 g/mol. The van der Waals surface area contributed by atoms with Crippen LogP contribution >= 0.6 is 23.8 Å². The van der Waals surface area contributed by atoms with Crippen molar-refractivity contribution in [3.63, 3.8) is 0 Å². The van der Waals surface area contributed by atoms with Gasteiger partial charge < -0.3 is 14.8 Å². The maximum Gasteiger partial charge on any atom is 0.270 e. The van der Waals surface area contributed by atoms with Crippen molar-refractivity contribution in [2.75, 3.05) is 23.4 Å². The largest absolute Gasteiger partial charge is 0.490 e. The average molecular weight is 578 g/mol. The number of carbonyl (C=O) groups excluding carboxylic acids is 3. The van der Waals surface area contributed by atoms with Crippen molar-refractivity contribution in [2.24, 2.45) is 0 Å². The molecule has 0 aromatic heterocycles. The molecule has 2 N–H and O–H groups in total. The molecule has 1 saturated heterocycles. The number of carbonyl (C=O) groups is 3. The Bertz CT molecular complexity index is 1490. The van der Waals surface area contributed by atoms with Gasteiger partial charge in [0.1, 0.15) is 5.57 Å². The number of thiocarbonyl (C=S) groups is 1. The summed E-state index contributed by atoms with van der Waals surface area (Å²) in [6, 6.07) is 17.8. The number of halogens is 1. The number of nitrogens with zero attached hydrogens (tertiary/aromatic N) is 1. The van der Waals surface area contributed by atoms with Gasteiger partial charge in [-0.25, -0.2) is 0 Å². The Labute approximate surface area is 242 Å². The Morgan fingerprint density at radius 2 is 1.75 bits per heavy atom. The smallest absolute Gasteiger partial charge is 0.270 e. The topological polar surface area (TPSA) is 97.0 Å². The number of nitrogens with one attached hydrogen (secondary N) is 2. The maximum absolute atomic E-state index is 13.4. The quantitative estimate of drug-likeness (QED) is 0.199. The van der Waals surface area contributed by atoms with Crippen molar-refractivity contribution in [2.45, 2.75) is 27.2 Å². The van der Waals surface area contributed by atoms with E-state index in [2.05, 4.69) is 10.6 Å². The lowest BCUT2D eigenvalue weighted by Crippen LogP contribution is -2.54. The fourth-order valence-corrected chi connectivity index (χ4v) is 4.54. The number of ether oxygens (including phenoxy) is 2. The number of rotatable bonds is 9. The SMILES string of the molecule is CCOc1cc(/C=C2\C(=O)NC(=S)N(c3ccc(CC)cc3)C2=O)cc(Cl)c1OCC(=O)Nc1ccc(C)cc1. The molecule has 4 rings (SSSR count). The lowest BCUT2D eigenvalue weighted by atomic mass is 10.1. The molecule has 3 aromatic carbocycles. The predicted molar refractivity (Wildman–Crippen MR) is 160 cm³/mol. The standard InChI is InChI=1S/C30H28ClN3O5S/c1-4-19-8-12-22(13-9-19)34-29(37)23(28(36)33-30(34)40)14-20-15-24(31)27(25(16-20)38-5-2)39-17-26(35)32-21-10-6-18(3)7-11-21/h6-16H,4-5,17H2,1-3H3,(H,32,35)(H,33,36,40)/b23-14+. The molecule has 0 saturated carbocycles. The third-order valence-electron chi connectivity index (χ3n) is 6.03. The Kier molecular flexibility index (Phi) is 9.19. The molecule has 0 atom stereocenters. The Morgan fingerprint density at radius 1 is 1.05 bits per heavy atom. The first-order chi connectivity index (χ1) is 19.2. The highest BCUT2D eigenvalue weighted by atomic mass is 35.5. The molecular weight excluding hydrogens is 550 g/mol. The molecule has 1 fully saturated rings. The van der Waals surface area contributed by atoms with E-state index in [-0.39, 0.29) is 46.3 Å². The molecular formula is C30H28ClN3O5S.